The highest BCUT2D eigenvalue weighted by atomic mass is 32.1. The molecule has 9 nitrogen and oxygen atoms in total. The highest BCUT2D eigenvalue weighted by Gasteiger charge is 2.31. The summed E-state index contributed by atoms with van der Waals surface area (Å²) in [5.41, 5.74) is 1.41. The normalized spacial score (nSPS) is 14.6. The summed E-state index contributed by atoms with van der Waals surface area (Å²) in [6.07, 6.45) is 4.14. The van der Waals surface area contributed by atoms with Gasteiger partial charge in [0.2, 0.25) is 0 Å². The topological polar surface area (TPSA) is 97.6 Å². The van der Waals surface area contributed by atoms with Crippen LogP contribution in [0.4, 0.5) is 0 Å². The van der Waals surface area contributed by atoms with Crippen molar-refractivity contribution in [1.82, 2.24) is 4.57 Å². The van der Waals surface area contributed by atoms with E-state index in [1.807, 2.05) is 52.0 Å². The maximum atomic E-state index is 13.8. The molecule has 1 aliphatic heterocycles. The number of carbonyl (C=O) groups is 1. The molecule has 2 heterocycles. The van der Waals surface area contributed by atoms with E-state index in [9.17, 15) is 9.59 Å². The lowest BCUT2D eigenvalue weighted by molar-refractivity contribution is -0.136. The van der Waals surface area contributed by atoms with Gasteiger partial charge in [0.1, 0.15) is 0 Å². The molecular formula is C30H34N2O7S. The van der Waals surface area contributed by atoms with Gasteiger partial charge in [-0.3, -0.25) is 9.36 Å². The van der Waals surface area contributed by atoms with Crippen LogP contribution in [0.25, 0.3) is 6.08 Å². The molecular weight excluding hydrogens is 532 g/mol. The number of hydrogen-bond donors (Lipinski definition) is 0. The largest absolute Gasteiger partial charge is 0.490 e. The van der Waals surface area contributed by atoms with Gasteiger partial charge in [-0.1, -0.05) is 30.4 Å². The van der Waals surface area contributed by atoms with Crippen LogP contribution < -0.4 is 33.8 Å². The lowest BCUT2D eigenvalue weighted by Gasteiger charge is -2.23. The van der Waals surface area contributed by atoms with Crippen molar-refractivity contribution in [3.8, 4) is 23.0 Å². The molecule has 0 aliphatic carbocycles. The van der Waals surface area contributed by atoms with Crippen LogP contribution in [0.5, 0.6) is 23.0 Å². The van der Waals surface area contributed by atoms with Crippen molar-refractivity contribution in [2.75, 3.05) is 33.5 Å². The first kappa shape index (κ1) is 28.9. The minimum absolute atomic E-state index is 0.240. The molecule has 40 heavy (non-hydrogen) atoms. The number of benzene rings is 2. The number of methoxy groups -OCH3 is 1. The second-order valence-corrected chi connectivity index (χ2v) is 9.74. The van der Waals surface area contributed by atoms with Gasteiger partial charge in [-0.15, -0.1) is 0 Å². The van der Waals surface area contributed by atoms with Gasteiger partial charge in [0.15, 0.2) is 27.8 Å². The lowest BCUT2D eigenvalue weighted by Crippen LogP contribution is -2.39. The molecule has 2 aromatic carbocycles. The van der Waals surface area contributed by atoms with Crippen molar-refractivity contribution in [3.63, 3.8) is 0 Å². The monoisotopic (exact) mass is 566 g/mol. The number of aromatic nitrogens is 1. The molecule has 0 saturated heterocycles. The second-order valence-electron chi connectivity index (χ2n) is 8.74. The van der Waals surface area contributed by atoms with E-state index in [4.69, 9.17) is 23.7 Å². The number of rotatable bonds is 12. The molecule has 4 rings (SSSR count). The third-order valence-electron chi connectivity index (χ3n) is 6.04. The molecule has 0 amide bonds. The van der Waals surface area contributed by atoms with Crippen molar-refractivity contribution < 1.29 is 28.5 Å². The Hall–Kier alpha value is -4.05. The predicted molar refractivity (Wildman–Crippen MR) is 153 cm³/mol. The van der Waals surface area contributed by atoms with Crippen molar-refractivity contribution >= 4 is 23.4 Å². The molecule has 0 saturated carbocycles. The van der Waals surface area contributed by atoms with Crippen LogP contribution in [0.2, 0.25) is 0 Å². The Labute approximate surface area is 236 Å². The van der Waals surface area contributed by atoms with Crippen LogP contribution in [0.3, 0.4) is 0 Å². The van der Waals surface area contributed by atoms with Gasteiger partial charge in [-0.2, -0.15) is 0 Å². The summed E-state index contributed by atoms with van der Waals surface area (Å²) in [6.45, 7) is 9.68. The Morgan fingerprint density at radius 2 is 1.57 bits per heavy atom. The Kier molecular flexibility index (Phi) is 9.65. The molecule has 0 radical (unpaired) electrons. The minimum atomic E-state index is -0.760. The molecule has 0 unspecified atom stereocenters. The summed E-state index contributed by atoms with van der Waals surface area (Å²) in [5.74, 6) is 1.81. The molecule has 1 atom stereocenters. The molecule has 212 valence electrons. The average Bonchev–Trinajstić information content (AvgIpc) is 3.27. The van der Waals surface area contributed by atoms with Crippen molar-refractivity contribution in [1.29, 1.82) is 0 Å². The molecule has 1 aromatic heterocycles. The highest BCUT2D eigenvalue weighted by molar-refractivity contribution is 7.07. The fourth-order valence-electron chi connectivity index (χ4n) is 4.35. The van der Waals surface area contributed by atoms with E-state index in [1.54, 1.807) is 18.2 Å². The first-order chi connectivity index (χ1) is 19.4. The van der Waals surface area contributed by atoms with Gasteiger partial charge in [-0.25, -0.2) is 9.79 Å². The van der Waals surface area contributed by atoms with E-state index in [0.29, 0.717) is 64.3 Å². The number of esters is 1. The third-order valence-corrected chi connectivity index (χ3v) is 7.03. The van der Waals surface area contributed by atoms with Crippen LogP contribution in [0.1, 0.15) is 51.3 Å². The number of carbonyl (C=O) groups excluding carboxylic acids is 1. The number of ether oxygens (including phenoxy) is 5. The zero-order valence-electron chi connectivity index (χ0n) is 23.4. The van der Waals surface area contributed by atoms with E-state index in [-0.39, 0.29) is 11.1 Å². The molecule has 0 spiro atoms. The Morgan fingerprint density at radius 3 is 2.25 bits per heavy atom. The first-order valence-corrected chi connectivity index (χ1v) is 14.2. The highest BCUT2D eigenvalue weighted by Crippen LogP contribution is 2.35. The predicted octanol–water partition coefficient (Wildman–Crippen LogP) is 4.00. The standard InChI is InChI=1S/C30H34N2O7S/c1-6-14-39-23-12-10-19(15-24(23)37-8-3)16-26-28(33)32-27(21(29(34)35-5)18-31-30(32)40-26)20-11-13-22(36-7-2)25(17-20)38-9-4/h10-13,15-18,27H,6-9,14H2,1-5H3/b26-16-/t27-/m0/s1. The van der Waals surface area contributed by atoms with Crippen LogP contribution >= 0.6 is 11.3 Å². The smallest absolute Gasteiger partial charge is 0.337 e. The first-order valence-electron chi connectivity index (χ1n) is 13.3. The SMILES string of the molecule is CCCOc1ccc(/C=c2\sc3n(c2=O)[C@@H](c2ccc(OCC)c(OCC)c2)C(C(=O)OC)=CN=3)cc1OCC. The summed E-state index contributed by atoms with van der Waals surface area (Å²) < 4.78 is 30.1. The quantitative estimate of drug-likeness (QED) is 0.306. The Balaban J connectivity index is 1.84. The summed E-state index contributed by atoms with van der Waals surface area (Å²) in [7, 11) is 1.30. The van der Waals surface area contributed by atoms with Gasteiger partial charge < -0.3 is 23.7 Å². The summed E-state index contributed by atoms with van der Waals surface area (Å²) in [5, 5.41) is 0. The lowest BCUT2D eigenvalue weighted by atomic mass is 9.97. The van der Waals surface area contributed by atoms with E-state index in [1.165, 1.54) is 29.2 Å². The zero-order valence-corrected chi connectivity index (χ0v) is 24.2. The number of thiazole rings is 1. The second kappa shape index (κ2) is 13.3. The molecule has 10 heteroatoms. The van der Waals surface area contributed by atoms with Crippen LogP contribution in [-0.2, 0) is 9.53 Å². The van der Waals surface area contributed by atoms with Gasteiger partial charge in [0.25, 0.3) is 5.56 Å². The Bertz CT molecular complexity index is 1570. The molecule has 0 bridgehead atoms. The summed E-state index contributed by atoms with van der Waals surface area (Å²) in [6, 6.07) is 10.2. The van der Waals surface area contributed by atoms with E-state index in [0.717, 1.165) is 12.0 Å². The zero-order chi connectivity index (χ0) is 28.6. The van der Waals surface area contributed by atoms with Gasteiger partial charge in [0, 0.05) is 6.20 Å². The number of fused-ring (bicyclic) bond motifs is 1. The van der Waals surface area contributed by atoms with E-state index in [2.05, 4.69) is 4.99 Å². The maximum absolute atomic E-state index is 13.8. The molecule has 3 aromatic rings. The summed E-state index contributed by atoms with van der Waals surface area (Å²) in [4.78, 5) is 31.6. The van der Waals surface area contributed by atoms with E-state index >= 15 is 0 Å². The summed E-state index contributed by atoms with van der Waals surface area (Å²) >= 11 is 1.24. The van der Waals surface area contributed by atoms with Crippen LogP contribution in [0, 0.1) is 0 Å². The van der Waals surface area contributed by atoms with Crippen molar-refractivity contribution in [2.24, 2.45) is 4.99 Å². The maximum Gasteiger partial charge on any atom is 0.337 e. The van der Waals surface area contributed by atoms with Crippen molar-refractivity contribution in [3.05, 3.63) is 79.0 Å². The average molecular weight is 567 g/mol. The number of hydrogen-bond acceptors (Lipinski definition) is 9. The fourth-order valence-corrected chi connectivity index (χ4v) is 5.32. The minimum Gasteiger partial charge on any atom is -0.490 e. The number of nitrogens with zero attached hydrogens (tertiary/aromatic N) is 2. The van der Waals surface area contributed by atoms with Crippen LogP contribution in [0.15, 0.2) is 58.0 Å². The molecule has 0 N–H and O–H groups in total. The van der Waals surface area contributed by atoms with E-state index < -0.39 is 12.0 Å². The van der Waals surface area contributed by atoms with Gasteiger partial charge in [0.05, 0.1) is 49.7 Å². The fraction of sp³-hybridized carbons (Fsp3) is 0.367. The van der Waals surface area contributed by atoms with Crippen LogP contribution in [-0.4, -0.2) is 44.1 Å². The Morgan fingerprint density at radius 1 is 0.925 bits per heavy atom. The third kappa shape index (κ3) is 6.07. The van der Waals surface area contributed by atoms with Gasteiger partial charge in [-0.05, 0) is 68.7 Å². The van der Waals surface area contributed by atoms with Gasteiger partial charge >= 0.3 is 5.97 Å². The molecule has 0 fully saturated rings. The van der Waals surface area contributed by atoms with Crippen molar-refractivity contribution in [2.45, 2.75) is 40.2 Å². The molecule has 1 aliphatic rings.